The Morgan fingerprint density at radius 1 is 0.804 bits per heavy atom. The molecule has 6 heteroatoms. The quantitative estimate of drug-likeness (QED) is 0.196. The van der Waals surface area contributed by atoms with Gasteiger partial charge in [0.25, 0.3) is 0 Å². The van der Waals surface area contributed by atoms with E-state index in [1.165, 1.54) is 27.8 Å². The van der Waals surface area contributed by atoms with E-state index in [2.05, 4.69) is 62.4 Å². The second kappa shape index (κ2) is 19.7. The Kier molecular flexibility index (Phi) is 15.8. The Hall–Kier alpha value is -3.68. The van der Waals surface area contributed by atoms with Crippen molar-refractivity contribution in [2.45, 2.75) is 84.7 Å². The van der Waals surface area contributed by atoms with E-state index in [-0.39, 0.29) is 31.5 Å². The molecule has 46 heavy (non-hydrogen) atoms. The number of para-hydroxylation sites is 1. The highest BCUT2D eigenvalue weighted by Gasteiger charge is 2.29. The summed E-state index contributed by atoms with van der Waals surface area (Å²) in [4.78, 5) is 0. The molecule has 3 unspecified atom stereocenters. The van der Waals surface area contributed by atoms with Gasteiger partial charge in [0.1, 0.15) is 24.2 Å². The standard InChI is InChI=1S/C29H32O5.C7H8.C2H6O.C2H6/c1-19-6-9-22(29-16-24(31)15-26(17-30)33-29)13-23(19)12-20-7-10-25(11-8-20)32-18-27-14-21-4-2-3-5-28(21)34-27;1-7-5-3-2-4-6-7;1-2-3;1-2/h2-11,13,24,26-27,29-31H,12,14-18H2,1H3;2-6H,1H3;3H,2H2,1H3;1-2H3/t24?,26?,27-,29?;;;/m0.../s1. The van der Waals surface area contributed by atoms with Gasteiger partial charge in [-0.15, -0.1) is 0 Å². The average Bonchev–Trinajstić information content (AvgIpc) is 3.50. The topological polar surface area (TPSA) is 88.4 Å². The number of hydrogen-bond acceptors (Lipinski definition) is 6. The highest BCUT2D eigenvalue weighted by molar-refractivity contribution is 5.39. The van der Waals surface area contributed by atoms with Gasteiger partial charge in [0.2, 0.25) is 0 Å². The molecule has 6 rings (SSSR count). The number of aliphatic hydroxyl groups excluding tert-OH is 3. The fourth-order valence-electron chi connectivity index (χ4n) is 5.40. The summed E-state index contributed by atoms with van der Waals surface area (Å²) in [6.07, 6.45) is 1.82. The van der Waals surface area contributed by atoms with Crippen molar-refractivity contribution in [3.63, 3.8) is 0 Å². The van der Waals surface area contributed by atoms with Crippen LogP contribution in [0.5, 0.6) is 11.5 Å². The minimum atomic E-state index is -0.447. The Balaban J connectivity index is 0.000000410. The zero-order valence-electron chi connectivity index (χ0n) is 28.1. The first-order chi connectivity index (χ1) is 22.4. The van der Waals surface area contributed by atoms with Crippen molar-refractivity contribution in [2.24, 2.45) is 0 Å². The van der Waals surface area contributed by atoms with E-state index in [1.54, 1.807) is 6.92 Å². The highest BCUT2D eigenvalue weighted by Crippen LogP contribution is 2.33. The summed E-state index contributed by atoms with van der Waals surface area (Å²) in [5.74, 6) is 1.80. The zero-order chi connectivity index (χ0) is 33.3. The van der Waals surface area contributed by atoms with Gasteiger partial charge in [-0.1, -0.05) is 98.3 Å². The van der Waals surface area contributed by atoms with Gasteiger partial charge in [0.15, 0.2) is 0 Å². The summed E-state index contributed by atoms with van der Waals surface area (Å²) < 4.78 is 18.0. The summed E-state index contributed by atoms with van der Waals surface area (Å²) in [7, 11) is 0. The molecule has 4 aromatic carbocycles. The number of aliphatic hydroxyl groups is 3. The highest BCUT2D eigenvalue weighted by atomic mass is 16.5. The molecular weight excluding hydrogens is 576 g/mol. The Bertz CT molecular complexity index is 1380. The van der Waals surface area contributed by atoms with Crippen molar-refractivity contribution in [2.75, 3.05) is 19.8 Å². The van der Waals surface area contributed by atoms with Gasteiger partial charge in [-0.3, -0.25) is 0 Å². The Morgan fingerprint density at radius 3 is 2.11 bits per heavy atom. The number of hydrogen-bond donors (Lipinski definition) is 3. The summed E-state index contributed by atoms with van der Waals surface area (Å²) in [5, 5.41) is 27.2. The molecule has 0 amide bonds. The molecule has 1 saturated heterocycles. The molecule has 0 aromatic heterocycles. The largest absolute Gasteiger partial charge is 0.490 e. The molecular formula is C40H52O6. The third kappa shape index (κ3) is 11.6. The molecule has 6 nitrogen and oxygen atoms in total. The third-order valence-corrected chi connectivity index (χ3v) is 7.73. The van der Waals surface area contributed by atoms with Gasteiger partial charge in [-0.2, -0.15) is 0 Å². The molecule has 4 atom stereocenters. The van der Waals surface area contributed by atoms with Gasteiger partial charge in [0, 0.05) is 25.9 Å². The smallest absolute Gasteiger partial charge is 0.137 e. The lowest BCUT2D eigenvalue weighted by molar-refractivity contribution is -0.113. The summed E-state index contributed by atoms with van der Waals surface area (Å²) >= 11 is 0. The van der Waals surface area contributed by atoms with Crippen molar-refractivity contribution in [1.82, 2.24) is 0 Å². The number of benzene rings is 4. The minimum Gasteiger partial charge on any atom is -0.490 e. The minimum absolute atomic E-state index is 0.0495. The van der Waals surface area contributed by atoms with E-state index >= 15 is 0 Å². The molecule has 2 aliphatic rings. The molecule has 0 bridgehead atoms. The van der Waals surface area contributed by atoms with Crippen LogP contribution >= 0.6 is 0 Å². The van der Waals surface area contributed by atoms with Crippen LogP contribution in [0.1, 0.15) is 73.1 Å². The predicted octanol–water partition coefficient (Wildman–Crippen LogP) is 7.56. The van der Waals surface area contributed by atoms with Gasteiger partial charge in [-0.05, 0) is 73.2 Å². The lowest BCUT2D eigenvalue weighted by atomic mass is 9.92. The lowest BCUT2D eigenvalue weighted by Crippen LogP contribution is -2.33. The first-order valence-electron chi connectivity index (χ1n) is 16.5. The van der Waals surface area contributed by atoms with Crippen LogP contribution in [0.2, 0.25) is 0 Å². The first-order valence-corrected chi connectivity index (χ1v) is 16.5. The predicted molar refractivity (Wildman–Crippen MR) is 186 cm³/mol. The number of ether oxygens (including phenoxy) is 3. The van der Waals surface area contributed by atoms with Crippen LogP contribution in [0.15, 0.2) is 97.1 Å². The van der Waals surface area contributed by atoms with E-state index in [1.807, 2.05) is 62.4 Å². The second-order valence-corrected chi connectivity index (χ2v) is 11.4. The maximum atomic E-state index is 10.2. The summed E-state index contributed by atoms with van der Waals surface area (Å²) in [6, 6.07) is 33.0. The fourth-order valence-corrected chi connectivity index (χ4v) is 5.40. The van der Waals surface area contributed by atoms with Crippen LogP contribution in [0, 0.1) is 13.8 Å². The molecule has 0 radical (unpaired) electrons. The molecule has 0 saturated carbocycles. The van der Waals surface area contributed by atoms with Crippen LogP contribution in [-0.2, 0) is 17.6 Å². The monoisotopic (exact) mass is 628 g/mol. The lowest BCUT2D eigenvalue weighted by Gasteiger charge is -2.32. The molecule has 4 aromatic rings. The maximum Gasteiger partial charge on any atom is 0.137 e. The third-order valence-electron chi connectivity index (χ3n) is 7.73. The fraction of sp³-hybridized carbons (Fsp3) is 0.400. The Labute approximate surface area is 275 Å². The SMILES string of the molecule is CC.CCO.Cc1ccc(C2CC(O)CC(CO)O2)cc1Cc1ccc(OC[C@@H]2Cc3ccccc3O2)cc1.Cc1ccccc1. The molecule has 248 valence electrons. The van der Waals surface area contributed by atoms with Crippen molar-refractivity contribution in [3.05, 3.63) is 130 Å². The van der Waals surface area contributed by atoms with Crippen LogP contribution in [0.4, 0.5) is 0 Å². The van der Waals surface area contributed by atoms with Crippen molar-refractivity contribution in [3.8, 4) is 11.5 Å². The van der Waals surface area contributed by atoms with E-state index in [0.717, 1.165) is 29.9 Å². The zero-order valence-corrected chi connectivity index (χ0v) is 28.1. The molecule has 2 heterocycles. The van der Waals surface area contributed by atoms with Crippen LogP contribution in [-0.4, -0.2) is 53.5 Å². The average molecular weight is 629 g/mol. The van der Waals surface area contributed by atoms with E-state index in [0.29, 0.717) is 19.4 Å². The van der Waals surface area contributed by atoms with E-state index in [4.69, 9.17) is 19.3 Å². The van der Waals surface area contributed by atoms with Gasteiger partial charge in [-0.25, -0.2) is 0 Å². The van der Waals surface area contributed by atoms with Crippen LogP contribution in [0.3, 0.4) is 0 Å². The van der Waals surface area contributed by atoms with Crippen molar-refractivity contribution in [1.29, 1.82) is 0 Å². The molecule has 2 aliphatic heterocycles. The van der Waals surface area contributed by atoms with Crippen molar-refractivity contribution < 1.29 is 29.5 Å². The maximum absolute atomic E-state index is 10.2. The summed E-state index contributed by atoms with van der Waals surface area (Å²) in [5.41, 5.74) is 7.27. The van der Waals surface area contributed by atoms with E-state index in [9.17, 15) is 10.2 Å². The normalized spacial score (nSPS) is 19.5. The Morgan fingerprint density at radius 2 is 1.48 bits per heavy atom. The number of aryl methyl sites for hydroxylation is 2. The number of fused-ring (bicyclic) bond motifs is 1. The van der Waals surface area contributed by atoms with E-state index < -0.39 is 6.10 Å². The van der Waals surface area contributed by atoms with Gasteiger partial charge < -0.3 is 29.5 Å². The van der Waals surface area contributed by atoms with Gasteiger partial charge >= 0.3 is 0 Å². The molecule has 1 fully saturated rings. The van der Waals surface area contributed by atoms with Crippen molar-refractivity contribution >= 4 is 0 Å². The first kappa shape index (κ1) is 36.8. The molecule has 0 aliphatic carbocycles. The molecule has 0 spiro atoms. The second-order valence-electron chi connectivity index (χ2n) is 11.4. The van der Waals surface area contributed by atoms with Crippen LogP contribution in [0.25, 0.3) is 0 Å². The van der Waals surface area contributed by atoms with Crippen LogP contribution < -0.4 is 9.47 Å². The summed E-state index contributed by atoms with van der Waals surface area (Å²) in [6.45, 7) is 10.6. The molecule has 3 N–H and O–H groups in total. The number of rotatable bonds is 7. The van der Waals surface area contributed by atoms with Gasteiger partial charge in [0.05, 0.1) is 24.9 Å².